The molecule has 1 atom stereocenters. The van der Waals surface area contributed by atoms with Crippen LogP contribution < -0.4 is 5.32 Å². The zero-order valence-electron chi connectivity index (χ0n) is 12.5. The van der Waals surface area contributed by atoms with Crippen molar-refractivity contribution >= 4 is 18.4 Å². The predicted octanol–water partition coefficient (Wildman–Crippen LogP) is 3.75. The summed E-state index contributed by atoms with van der Waals surface area (Å²) in [7, 11) is 1.38. The molecule has 0 aromatic heterocycles. The van der Waals surface area contributed by atoms with Crippen molar-refractivity contribution in [3.8, 4) is 0 Å². The summed E-state index contributed by atoms with van der Waals surface area (Å²) in [5.74, 6) is -1.06. The molecule has 0 unspecified atom stereocenters. The van der Waals surface area contributed by atoms with E-state index in [-0.39, 0.29) is 25.2 Å². The third-order valence-electron chi connectivity index (χ3n) is 3.01. The Morgan fingerprint density at radius 1 is 1.12 bits per heavy atom. The Bertz CT molecular complexity index is 515. The maximum atomic E-state index is 12.4. The van der Waals surface area contributed by atoms with E-state index in [2.05, 4.69) is 10.1 Å². The van der Waals surface area contributed by atoms with Gasteiger partial charge in [-0.25, -0.2) is 0 Å². The number of nitrogens with one attached hydrogen (secondary N) is 1. The van der Waals surface area contributed by atoms with Crippen LogP contribution in [0, 0.1) is 0 Å². The van der Waals surface area contributed by atoms with Crippen molar-refractivity contribution in [3.05, 3.63) is 35.4 Å². The predicted molar refractivity (Wildman–Crippen MR) is 76.9 cm³/mol. The van der Waals surface area contributed by atoms with Gasteiger partial charge in [0.25, 0.3) is 0 Å². The van der Waals surface area contributed by atoms with Crippen molar-refractivity contribution in [1.29, 1.82) is 0 Å². The van der Waals surface area contributed by atoms with Crippen LogP contribution in [0.15, 0.2) is 24.3 Å². The van der Waals surface area contributed by atoms with Gasteiger partial charge in [-0.2, -0.15) is 26.3 Å². The monoisotopic (exact) mass is 379 g/mol. The van der Waals surface area contributed by atoms with Gasteiger partial charge in [-0.3, -0.25) is 4.79 Å². The van der Waals surface area contributed by atoms with E-state index in [4.69, 9.17) is 0 Å². The maximum Gasteiger partial charge on any atom is 0.422 e. The second kappa shape index (κ2) is 9.12. The summed E-state index contributed by atoms with van der Waals surface area (Å²) in [5.41, 5.74) is -0.266. The quantitative estimate of drug-likeness (QED) is 0.604. The first-order valence-electron chi connectivity index (χ1n) is 6.59. The summed E-state index contributed by atoms with van der Waals surface area (Å²) in [6.07, 6.45) is -8.74. The van der Waals surface area contributed by atoms with E-state index in [1.54, 1.807) is 0 Å². The second-order valence-corrected chi connectivity index (χ2v) is 4.80. The Kier molecular flexibility index (Phi) is 8.56. The first-order valence-corrected chi connectivity index (χ1v) is 6.59. The molecule has 0 amide bonds. The van der Waals surface area contributed by atoms with Crippen LogP contribution in [-0.4, -0.2) is 31.8 Å². The molecule has 10 heteroatoms. The van der Waals surface area contributed by atoms with Crippen LogP contribution in [0.5, 0.6) is 0 Å². The van der Waals surface area contributed by atoms with Crippen LogP contribution in [-0.2, 0) is 22.1 Å². The van der Waals surface area contributed by atoms with E-state index in [9.17, 15) is 31.1 Å². The van der Waals surface area contributed by atoms with E-state index in [0.717, 1.165) is 12.1 Å². The van der Waals surface area contributed by atoms with Crippen molar-refractivity contribution in [1.82, 2.24) is 5.32 Å². The van der Waals surface area contributed by atoms with Gasteiger partial charge >= 0.3 is 18.3 Å². The zero-order chi connectivity index (χ0) is 17.7. The molecule has 0 saturated heterocycles. The minimum Gasteiger partial charge on any atom is -0.455 e. The van der Waals surface area contributed by atoms with Crippen LogP contribution in [0.3, 0.4) is 0 Å². The van der Waals surface area contributed by atoms with Crippen LogP contribution >= 0.6 is 12.4 Å². The number of hydrogen-bond acceptors (Lipinski definition) is 3. The fourth-order valence-electron chi connectivity index (χ4n) is 1.80. The van der Waals surface area contributed by atoms with Gasteiger partial charge in [0.05, 0.1) is 5.56 Å². The van der Waals surface area contributed by atoms with Gasteiger partial charge < -0.3 is 10.1 Å². The summed E-state index contributed by atoms with van der Waals surface area (Å²) in [6.45, 7) is -1.68. The van der Waals surface area contributed by atoms with Gasteiger partial charge in [0.1, 0.15) is 6.04 Å². The Morgan fingerprint density at radius 3 is 2.08 bits per heavy atom. The molecule has 138 valence electrons. The smallest absolute Gasteiger partial charge is 0.422 e. The van der Waals surface area contributed by atoms with Gasteiger partial charge in [0, 0.05) is 0 Å². The molecule has 0 saturated carbocycles. The maximum absolute atomic E-state index is 12.4. The van der Waals surface area contributed by atoms with Crippen molar-refractivity contribution in [2.24, 2.45) is 0 Å². The number of rotatable bonds is 6. The summed E-state index contributed by atoms with van der Waals surface area (Å²) < 4.78 is 77.3. The van der Waals surface area contributed by atoms with Crippen LogP contribution in [0.1, 0.15) is 17.5 Å². The standard InChI is InChI=1S/C14H15F6NO2.ClH/c1-21-11(12(22)23-8-13(15,16)17)7-4-9-2-5-10(6-3-9)14(18,19)20;/h2-3,5-6,11,21H,4,7-8H2,1H3;1H/t11-;/m0./s1. The third-order valence-corrected chi connectivity index (χ3v) is 3.01. The number of ether oxygens (including phenoxy) is 1. The molecule has 3 nitrogen and oxygen atoms in total. The third kappa shape index (κ3) is 7.87. The lowest BCUT2D eigenvalue weighted by Gasteiger charge is -2.16. The fourth-order valence-corrected chi connectivity index (χ4v) is 1.80. The molecule has 1 aromatic carbocycles. The van der Waals surface area contributed by atoms with Crippen molar-refractivity contribution in [3.63, 3.8) is 0 Å². The fraction of sp³-hybridized carbons (Fsp3) is 0.500. The number of hydrogen-bond donors (Lipinski definition) is 1. The highest BCUT2D eigenvalue weighted by Gasteiger charge is 2.31. The second-order valence-electron chi connectivity index (χ2n) is 4.80. The molecular weight excluding hydrogens is 364 g/mol. The van der Waals surface area contributed by atoms with Gasteiger partial charge in [-0.15, -0.1) is 12.4 Å². The molecule has 0 aliphatic carbocycles. The number of benzene rings is 1. The number of likely N-dealkylation sites (N-methyl/N-ethyl adjacent to an activating group) is 1. The zero-order valence-corrected chi connectivity index (χ0v) is 13.3. The molecule has 1 N–H and O–H groups in total. The number of carbonyl (C=O) groups is 1. The van der Waals surface area contributed by atoms with E-state index < -0.39 is 36.5 Å². The van der Waals surface area contributed by atoms with E-state index in [1.807, 2.05) is 0 Å². The summed E-state index contributed by atoms with van der Waals surface area (Å²) in [6, 6.07) is 3.37. The van der Waals surface area contributed by atoms with Crippen LogP contribution in [0.4, 0.5) is 26.3 Å². The summed E-state index contributed by atoms with van der Waals surface area (Å²) >= 11 is 0. The van der Waals surface area contributed by atoms with Crippen LogP contribution in [0.25, 0.3) is 0 Å². The van der Waals surface area contributed by atoms with Gasteiger partial charge in [0.2, 0.25) is 0 Å². The number of halogens is 7. The van der Waals surface area contributed by atoms with Crippen LogP contribution in [0.2, 0.25) is 0 Å². The molecule has 0 spiro atoms. The van der Waals surface area contributed by atoms with Gasteiger partial charge in [-0.1, -0.05) is 12.1 Å². The molecule has 24 heavy (non-hydrogen) atoms. The largest absolute Gasteiger partial charge is 0.455 e. The number of alkyl halides is 6. The Labute approximate surface area is 140 Å². The molecular formula is C14H16ClF6NO2. The Balaban J connectivity index is 0.00000529. The number of aryl methyl sites for hydroxylation is 1. The number of esters is 1. The van der Waals surface area contributed by atoms with Crippen molar-refractivity contribution < 1.29 is 35.9 Å². The molecule has 0 bridgehead atoms. The summed E-state index contributed by atoms with van der Waals surface area (Å²) in [4.78, 5) is 11.5. The topological polar surface area (TPSA) is 38.3 Å². The Morgan fingerprint density at radius 2 is 1.67 bits per heavy atom. The lowest BCUT2D eigenvalue weighted by molar-refractivity contribution is -0.187. The normalized spacial score (nSPS) is 13.1. The van der Waals surface area contributed by atoms with E-state index in [0.29, 0.717) is 5.56 Å². The Hall–Kier alpha value is -1.48. The molecule has 1 rings (SSSR count). The molecule has 0 aliphatic heterocycles. The highest BCUT2D eigenvalue weighted by Crippen LogP contribution is 2.29. The molecule has 0 heterocycles. The first-order chi connectivity index (χ1) is 10.5. The minimum atomic E-state index is -4.61. The molecule has 0 aliphatic rings. The van der Waals surface area contributed by atoms with Crippen molar-refractivity contribution in [2.45, 2.75) is 31.2 Å². The highest BCUT2D eigenvalue weighted by atomic mass is 35.5. The lowest BCUT2D eigenvalue weighted by atomic mass is 10.0. The van der Waals surface area contributed by atoms with Gasteiger partial charge in [-0.05, 0) is 37.6 Å². The van der Waals surface area contributed by atoms with E-state index in [1.165, 1.54) is 19.2 Å². The number of carbonyl (C=O) groups excluding carboxylic acids is 1. The SMILES string of the molecule is CN[C@@H](CCc1ccc(C(F)(F)F)cc1)C(=O)OCC(F)(F)F.Cl. The molecule has 0 fully saturated rings. The highest BCUT2D eigenvalue weighted by molar-refractivity contribution is 5.85. The summed E-state index contributed by atoms with van der Waals surface area (Å²) in [5, 5.41) is 2.52. The minimum absolute atomic E-state index is 0. The lowest BCUT2D eigenvalue weighted by Crippen LogP contribution is -2.37. The average Bonchev–Trinajstić information content (AvgIpc) is 2.44. The average molecular weight is 380 g/mol. The molecule has 0 radical (unpaired) electrons. The molecule has 1 aromatic rings. The van der Waals surface area contributed by atoms with Gasteiger partial charge in [0.15, 0.2) is 6.61 Å². The van der Waals surface area contributed by atoms with E-state index >= 15 is 0 Å². The van der Waals surface area contributed by atoms with Crippen molar-refractivity contribution in [2.75, 3.05) is 13.7 Å². The first kappa shape index (κ1) is 22.5.